The van der Waals surface area contributed by atoms with E-state index in [1.807, 2.05) is 67.6 Å². The number of aryl methyl sites for hydroxylation is 1. The number of carbonyl (C=O) groups is 4. The predicted octanol–water partition coefficient (Wildman–Crippen LogP) is 6.51. The number of imide groups is 2. The van der Waals surface area contributed by atoms with E-state index >= 15 is 4.79 Å². The maximum atomic E-state index is 15.4. The van der Waals surface area contributed by atoms with Crippen molar-refractivity contribution >= 4 is 57.6 Å². The molecule has 1 saturated carbocycles. The minimum Gasteiger partial charge on any atom is -0.507 e. The van der Waals surface area contributed by atoms with Crippen LogP contribution in [0, 0.1) is 34.2 Å². The largest absolute Gasteiger partial charge is 0.507 e. The second-order valence-corrected chi connectivity index (χ2v) is 15.1. The fraction of sp³-hybridized carbons (Fsp3) is 0.268. The minimum atomic E-state index is -1.56. The van der Waals surface area contributed by atoms with Crippen LogP contribution in [0.3, 0.4) is 0 Å². The standard InChI is InChI=1S/C41H36IN3O7/c1-22-9-13-25(14-10-22)43-45-38(48)31-21-30-28(17-18-29-34(30)39(49)44(37(29)47)26-15-11-24(42)12-16-26)36(35-32(46)19-27(51-2)20-33(35)52-3)41(31,40(45)50)23-7-5-4-6-8-23/h4-17,19-20,29-31,34,36,43,46H,18,21H2,1-3H3/t29-,30+,31-,34-,36+,41+/m0/s1. The Morgan fingerprint density at radius 1 is 0.846 bits per heavy atom. The maximum absolute atomic E-state index is 15.4. The molecule has 2 aliphatic carbocycles. The van der Waals surface area contributed by atoms with E-state index in [0.29, 0.717) is 33.8 Å². The summed E-state index contributed by atoms with van der Waals surface area (Å²) in [5.41, 5.74) is 5.20. The highest BCUT2D eigenvalue weighted by Crippen LogP contribution is 2.66. The zero-order valence-electron chi connectivity index (χ0n) is 28.7. The molecule has 0 radical (unpaired) electrons. The molecular weight excluding hydrogens is 773 g/mol. The third kappa shape index (κ3) is 4.96. The first kappa shape index (κ1) is 33.9. The number of allylic oxidation sites excluding steroid dienone is 2. The molecule has 0 bridgehead atoms. The molecule has 3 fully saturated rings. The van der Waals surface area contributed by atoms with Crippen LogP contribution in [0.4, 0.5) is 11.4 Å². The van der Waals surface area contributed by atoms with Gasteiger partial charge in [0.05, 0.1) is 48.8 Å². The molecule has 6 atom stereocenters. The molecule has 2 saturated heterocycles. The first-order valence-electron chi connectivity index (χ1n) is 17.2. The van der Waals surface area contributed by atoms with Crippen molar-refractivity contribution in [2.24, 2.45) is 23.7 Å². The van der Waals surface area contributed by atoms with Gasteiger partial charge in [0.2, 0.25) is 11.8 Å². The number of hydrogen-bond donors (Lipinski definition) is 2. The number of phenolic OH excluding ortho intramolecular Hbond substituents is 1. The summed E-state index contributed by atoms with van der Waals surface area (Å²) in [7, 11) is 2.95. The van der Waals surface area contributed by atoms with Crippen LogP contribution in [0.1, 0.15) is 35.4 Å². The number of carbonyl (C=O) groups excluding carboxylic acids is 4. The average Bonchev–Trinajstić information content (AvgIpc) is 3.53. The van der Waals surface area contributed by atoms with Crippen molar-refractivity contribution in [2.45, 2.75) is 31.1 Å². The van der Waals surface area contributed by atoms with Crippen LogP contribution in [0.2, 0.25) is 0 Å². The first-order valence-corrected chi connectivity index (χ1v) is 18.2. The van der Waals surface area contributed by atoms with Crippen LogP contribution in [0.25, 0.3) is 0 Å². The van der Waals surface area contributed by atoms with Crippen molar-refractivity contribution in [3.8, 4) is 17.2 Å². The summed E-state index contributed by atoms with van der Waals surface area (Å²) in [4.78, 5) is 60.1. The van der Waals surface area contributed by atoms with Gasteiger partial charge < -0.3 is 14.6 Å². The van der Waals surface area contributed by atoms with Gasteiger partial charge in [-0.15, -0.1) is 0 Å². The fourth-order valence-electron chi connectivity index (χ4n) is 9.07. The van der Waals surface area contributed by atoms with Gasteiger partial charge in [-0.3, -0.25) is 29.5 Å². The van der Waals surface area contributed by atoms with Crippen molar-refractivity contribution in [1.29, 1.82) is 0 Å². The second kappa shape index (κ2) is 12.8. The number of hydrogen-bond acceptors (Lipinski definition) is 8. The number of methoxy groups -OCH3 is 2. The summed E-state index contributed by atoms with van der Waals surface area (Å²) < 4.78 is 12.4. The highest BCUT2D eigenvalue weighted by Gasteiger charge is 2.71. The van der Waals surface area contributed by atoms with Gasteiger partial charge in [0.1, 0.15) is 17.2 Å². The molecule has 2 heterocycles. The molecule has 0 spiro atoms. The monoisotopic (exact) mass is 809 g/mol. The molecule has 4 aromatic carbocycles. The fourth-order valence-corrected chi connectivity index (χ4v) is 9.43. The molecule has 4 aliphatic rings. The van der Waals surface area contributed by atoms with Crippen molar-refractivity contribution in [3.05, 3.63) is 123 Å². The number of fused-ring (bicyclic) bond motifs is 4. The summed E-state index contributed by atoms with van der Waals surface area (Å²) in [5, 5.41) is 13.0. The smallest absolute Gasteiger partial charge is 0.260 e. The zero-order valence-corrected chi connectivity index (χ0v) is 30.9. The highest BCUT2D eigenvalue weighted by atomic mass is 127. The lowest BCUT2D eigenvalue weighted by atomic mass is 9.49. The number of benzene rings is 4. The molecule has 2 aliphatic heterocycles. The topological polar surface area (TPSA) is 125 Å². The normalized spacial score (nSPS) is 26.5. The van der Waals surface area contributed by atoms with Gasteiger partial charge in [0, 0.05) is 27.2 Å². The van der Waals surface area contributed by atoms with Crippen LogP contribution >= 0.6 is 22.6 Å². The van der Waals surface area contributed by atoms with Gasteiger partial charge in [-0.25, -0.2) is 0 Å². The Hall–Kier alpha value is -5.17. The number of rotatable bonds is 7. The van der Waals surface area contributed by atoms with Gasteiger partial charge in [0.15, 0.2) is 0 Å². The zero-order chi connectivity index (χ0) is 36.5. The van der Waals surface area contributed by atoms with Gasteiger partial charge >= 0.3 is 0 Å². The minimum absolute atomic E-state index is 0.133. The Morgan fingerprint density at radius 2 is 1.56 bits per heavy atom. The highest BCUT2D eigenvalue weighted by molar-refractivity contribution is 14.1. The molecule has 8 rings (SSSR count). The van der Waals surface area contributed by atoms with Crippen LogP contribution in [-0.2, 0) is 24.6 Å². The molecule has 264 valence electrons. The summed E-state index contributed by atoms with van der Waals surface area (Å²) in [6, 6.07) is 26.9. The van der Waals surface area contributed by atoms with Crippen LogP contribution in [0.5, 0.6) is 17.2 Å². The van der Waals surface area contributed by atoms with Gasteiger partial charge in [-0.1, -0.05) is 59.7 Å². The molecule has 2 N–H and O–H groups in total. The molecule has 0 aromatic heterocycles. The van der Waals surface area contributed by atoms with E-state index in [2.05, 4.69) is 28.0 Å². The number of amides is 4. The number of phenols is 1. The maximum Gasteiger partial charge on any atom is 0.260 e. The Labute approximate surface area is 314 Å². The lowest BCUT2D eigenvalue weighted by Gasteiger charge is -2.50. The Morgan fingerprint density at radius 3 is 2.23 bits per heavy atom. The summed E-state index contributed by atoms with van der Waals surface area (Å²) in [6.07, 6.45) is 2.34. The average molecular weight is 810 g/mol. The number of halogens is 1. The van der Waals surface area contributed by atoms with Crippen molar-refractivity contribution < 1.29 is 33.8 Å². The molecule has 4 amide bonds. The summed E-state index contributed by atoms with van der Waals surface area (Å²) in [5.74, 6) is -5.12. The van der Waals surface area contributed by atoms with E-state index in [1.165, 1.54) is 25.2 Å². The molecule has 52 heavy (non-hydrogen) atoms. The predicted molar refractivity (Wildman–Crippen MR) is 202 cm³/mol. The van der Waals surface area contributed by atoms with E-state index in [9.17, 15) is 19.5 Å². The van der Waals surface area contributed by atoms with Crippen LogP contribution in [0.15, 0.2) is 103 Å². The van der Waals surface area contributed by atoms with Crippen molar-refractivity contribution in [2.75, 3.05) is 24.5 Å². The lowest BCUT2D eigenvalue weighted by Crippen LogP contribution is -2.53. The lowest BCUT2D eigenvalue weighted by molar-refractivity contribution is -0.138. The van der Waals surface area contributed by atoms with E-state index in [0.717, 1.165) is 14.1 Å². The summed E-state index contributed by atoms with van der Waals surface area (Å²) in [6.45, 7) is 1.95. The SMILES string of the molecule is COc1cc(O)c([C@H]2C3=CC[C@@H]4C(=O)N(c5ccc(I)cc5)C(=O)[C@@H]4[C@@H]3C[C@H]3C(=O)N(Nc4ccc(C)cc4)C(=O)[C@@]23c2ccccc2)c(OC)c1. The number of nitrogens with one attached hydrogen (secondary N) is 1. The van der Waals surface area contributed by atoms with E-state index in [1.54, 1.807) is 30.3 Å². The van der Waals surface area contributed by atoms with Gasteiger partial charge in [-0.05, 0) is 90.2 Å². The van der Waals surface area contributed by atoms with Crippen LogP contribution in [-0.4, -0.2) is 48.0 Å². The van der Waals surface area contributed by atoms with Gasteiger partial charge in [-0.2, -0.15) is 5.01 Å². The Kier molecular flexibility index (Phi) is 8.36. The molecular formula is C41H36IN3O7. The number of anilines is 2. The van der Waals surface area contributed by atoms with E-state index in [-0.39, 0.29) is 36.2 Å². The second-order valence-electron chi connectivity index (χ2n) is 13.8. The molecule has 0 unspecified atom stereocenters. The quantitative estimate of drug-likeness (QED) is 0.123. The molecule has 10 nitrogen and oxygen atoms in total. The van der Waals surface area contributed by atoms with Crippen molar-refractivity contribution in [1.82, 2.24) is 5.01 Å². The van der Waals surface area contributed by atoms with Crippen LogP contribution < -0.4 is 19.8 Å². The number of aromatic hydroxyl groups is 1. The number of hydrazine groups is 1. The summed E-state index contributed by atoms with van der Waals surface area (Å²) >= 11 is 2.18. The van der Waals surface area contributed by atoms with E-state index in [4.69, 9.17) is 9.47 Å². The first-order chi connectivity index (χ1) is 25.1. The third-order valence-electron chi connectivity index (χ3n) is 11.3. The third-order valence-corrected chi connectivity index (χ3v) is 12.0. The molecule has 4 aromatic rings. The van der Waals surface area contributed by atoms with Gasteiger partial charge in [0.25, 0.3) is 11.8 Å². The Bertz CT molecular complexity index is 2150. The Balaban J connectivity index is 1.35. The number of nitrogens with zero attached hydrogens (tertiary/aromatic N) is 2. The molecule has 11 heteroatoms. The van der Waals surface area contributed by atoms with Crippen molar-refractivity contribution in [3.63, 3.8) is 0 Å². The number of ether oxygens (including phenoxy) is 2. The van der Waals surface area contributed by atoms with E-state index < -0.39 is 46.8 Å².